The number of nitrogens with two attached hydrogens (primary N) is 5. The van der Waals surface area contributed by atoms with Crippen molar-refractivity contribution in [3.05, 3.63) is 65.2 Å². The van der Waals surface area contributed by atoms with Gasteiger partial charge in [-0.3, -0.25) is 34.0 Å². The van der Waals surface area contributed by atoms with Gasteiger partial charge in [0.15, 0.2) is 22.7 Å². The van der Waals surface area contributed by atoms with Crippen LogP contribution in [0.15, 0.2) is 64.6 Å². The summed E-state index contributed by atoms with van der Waals surface area (Å²) in [6.07, 6.45) is 1.44. The molecular formula is C34H46N10O5S. The molecule has 0 aliphatic heterocycles. The Hall–Kier alpha value is -5.38. The zero-order valence-electron chi connectivity index (χ0n) is 27.9. The van der Waals surface area contributed by atoms with Gasteiger partial charge in [0.1, 0.15) is 0 Å². The van der Waals surface area contributed by atoms with Crippen LogP contribution in [0.5, 0.6) is 0 Å². The van der Waals surface area contributed by atoms with E-state index in [1.54, 1.807) is 6.07 Å². The van der Waals surface area contributed by atoms with Crippen LogP contribution in [0.2, 0.25) is 0 Å². The number of guanidine groups is 2. The number of fused-ring (bicyclic) bond motifs is 1. The van der Waals surface area contributed by atoms with E-state index in [0.29, 0.717) is 31.3 Å². The number of amides is 3. The molecule has 1 aromatic heterocycles. The van der Waals surface area contributed by atoms with Gasteiger partial charge < -0.3 is 39.3 Å². The molecule has 16 heteroatoms. The third kappa shape index (κ3) is 13.6. The van der Waals surface area contributed by atoms with Crippen LogP contribution < -0.4 is 39.3 Å². The van der Waals surface area contributed by atoms with Gasteiger partial charge in [0.25, 0.3) is 0 Å². The number of thiazole rings is 1. The van der Waals surface area contributed by atoms with Crippen LogP contribution in [0, 0.1) is 5.92 Å². The van der Waals surface area contributed by atoms with Gasteiger partial charge in [0.05, 0.1) is 22.3 Å². The molecule has 15 nitrogen and oxygen atoms in total. The number of para-hydroxylation sites is 1. The Morgan fingerprint density at radius 1 is 0.740 bits per heavy atom. The number of aromatic nitrogens is 1. The van der Waals surface area contributed by atoms with E-state index in [0.717, 1.165) is 10.3 Å². The second-order valence-electron chi connectivity index (χ2n) is 11.8. The molecule has 1 heterocycles. The average molecular weight is 707 g/mol. The lowest BCUT2D eigenvalue weighted by Gasteiger charge is -2.24. The summed E-state index contributed by atoms with van der Waals surface area (Å²) in [5, 5.41) is 5.82. The fraction of sp³-hybridized carbons (Fsp3) is 0.412. The first-order valence-corrected chi connectivity index (χ1v) is 17.2. The van der Waals surface area contributed by atoms with E-state index >= 15 is 0 Å². The Morgan fingerprint density at radius 3 is 2.06 bits per heavy atom. The maximum absolute atomic E-state index is 14.0. The Labute approximate surface area is 294 Å². The van der Waals surface area contributed by atoms with E-state index in [4.69, 9.17) is 28.7 Å². The number of ketones is 2. The Kier molecular flexibility index (Phi) is 15.8. The number of benzene rings is 2. The summed E-state index contributed by atoms with van der Waals surface area (Å²) in [6, 6.07) is 14.4. The highest BCUT2D eigenvalue weighted by molar-refractivity contribution is 7.20. The molecule has 0 unspecified atom stereocenters. The van der Waals surface area contributed by atoms with Crippen LogP contribution in [0.3, 0.4) is 0 Å². The summed E-state index contributed by atoms with van der Waals surface area (Å²) in [7, 11) is 0. The highest BCUT2D eigenvalue weighted by atomic mass is 32.1. The number of Topliss-reactive ketones (excluding diaryl/α,β-unsaturated/α-hetero) is 2. The summed E-state index contributed by atoms with van der Waals surface area (Å²) in [5.74, 6) is -3.43. The lowest BCUT2D eigenvalue weighted by molar-refractivity contribution is -0.132. The number of hydrogen-bond donors (Lipinski definition) is 7. The normalized spacial score (nSPS) is 12.6. The minimum atomic E-state index is -1.06. The molecule has 3 aromatic rings. The van der Waals surface area contributed by atoms with E-state index in [2.05, 4.69) is 25.6 Å². The van der Waals surface area contributed by atoms with E-state index in [1.807, 2.05) is 48.5 Å². The maximum atomic E-state index is 14.0. The fourth-order valence-corrected chi connectivity index (χ4v) is 6.16. The van der Waals surface area contributed by atoms with Crippen molar-refractivity contribution in [2.24, 2.45) is 44.6 Å². The number of aliphatic imine (C=N–C) groups is 2. The van der Waals surface area contributed by atoms with Crippen LogP contribution in [0.1, 0.15) is 66.7 Å². The van der Waals surface area contributed by atoms with Crippen molar-refractivity contribution >= 4 is 62.8 Å². The van der Waals surface area contributed by atoms with Crippen molar-refractivity contribution in [2.45, 2.75) is 69.9 Å². The first kappa shape index (κ1) is 39.1. The lowest BCUT2D eigenvalue weighted by Crippen LogP contribution is -2.47. The maximum Gasteiger partial charge on any atom is 0.224 e. The third-order valence-electron chi connectivity index (χ3n) is 7.74. The number of rotatable bonds is 22. The first-order chi connectivity index (χ1) is 23.9. The minimum absolute atomic E-state index is 0.0307. The number of primary amides is 1. The average Bonchev–Trinajstić information content (AvgIpc) is 3.51. The van der Waals surface area contributed by atoms with Gasteiger partial charge in [0.2, 0.25) is 23.5 Å². The SMILES string of the molecule is NC(=O)CC[C@H](NC(=O)CCCCN=C(N)N)C(=O)C[C@@H](Cc1ccccc1)C(=O)N[C@@H](CCCN=C(N)N)C(=O)c1nc2ccccc2s1. The quantitative estimate of drug-likeness (QED) is 0.0337. The van der Waals surface area contributed by atoms with Crippen molar-refractivity contribution in [1.29, 1.82) is 0 Å². The van der Waals surface area contributed by atoms with Crippen LogP contribution in [-0.2, 0) is 25.6 Å². The van der Waals surface area contributed by atoms with Gasteiger partial charge in [-0.15, -0.1) is 11.3 Å². The largest absolute Gasteiger partial charge is 0.370 e. The predicted octanol–water partition coefficient (Wildman–Crippen LogP) is 1.03. The molecule has 50 heavy (non-hydrogen) atoms. The highest BCUT2D eigenvalue weighted by Gasteiger charge is 2.32. The Morgan fingerprint density at radius 2 is 1.40 bits per heavy atom. The highest BCUT2D eigenvalue weighted by Crippen LogP contribution is 2.24. The van der Waals surface area contributed by atoms with Crippen LogP contribution >= 0.6 is 11.3 Å². The van der Waals surface area contributed by atoms with E-state index in [1.165, 1.54) is 11.3 Å². The second-order valence-corrected chi connectivity index (χ2v) is 12.8. The molecule has 0 spiro atoms. The summed E-state index contributed by atoms with van der Waals surface area (Å²) in [5.41, 5.74) is 28.4. The Bertz CT molecular complexity index is 1640. The molecule has 2 aromatic carbocycles. The molecule has 3 amide bonds. The van der Waals surface area contributed by atoms with Crippen LogP contribution in [0.25, 0.3) is 10.2 Å². The smallest absolute Gasteiger partial charge is 0.224 e. The molecule has 268 valence electrons. The van der Waals surface area contributed by atoms with Crippen molar-refractivity contribution in [1.82, 2.24) is 15.6 Å². The fourth-order valence-electron chi connectivity index (χ4n) is 5.20. The number of carbonyl (C=O) groups is 5. The molecule has 0 radical (unpaired) electrons. The monoisotopic (exact) mass is 706 g/mol. The van der Waals surface area contributed by atoms with E-state index in [-0.39, 0.29) is 67.8 Å². The van der Waals surface area contributed by atoms with Crippen molar-refractivity contribution in [3.8, 4) is 0 Å². The van der Waals surface area contributed by atoms with Crippen LogP contribution in [0.4, 0.5) is 0 Å². The molecule has 3 atom stereocenters. The zero-order valence-corrected chi connectivity index (χ0v) is 28.7. The molecule has 0 saturated heterocycles. The van der Waals surface area contributed by atoms with Crippen molar-refractivity contribution < 1.29 is 24.0 Å². The Balaban J connectivity index is 1.82. The van der Waals surface area contributed by atoms with Crippen LogP contribution in [-0.4, -0.2) is 71.4 Å². The molecule has 0 bridgehead atoms. The standard InChI is InChI=1S/C34H46N10O5S/c35-28(46)16-15-23(42-29(47)14-6-7-17-40-33(36)37)26(45)20-22(19-21-9-2-1-3-10-21)31(49)43-25(12-8-18-41-34(38)39)30(48)32-44-24-11-4-5-13-27(24)50-32/h1-5,9-11,13,22-23,25H,6-8,12,14-20H2,(H2,35,46)(H,42,47)(H,43,49)(H4,36,37,40)(H4,38,39,41)/t22-,23+,25+/m1/s1. The number of nitrogens with one attached hydrogen (secondary N) is 2. The number of unbranched alkanes of at least 4 members (excludes halogenated alkanes) is 1. The molecule has 12 N–H and O–H groups in total. The first-order valence-electron chi connectivity index (χ1n) is 16.4. The zero-order chi connectivity index (χ0) is 36.5. The van der Waals surface area contributed by atoms with Gasteiger partial charge in [-0.2, -0.15) is 0 Å². The summed E-state index contributed by atoms with van der Waals surface area (Å²) in [4.78, 5) is 78.3. The van der Waals surface area contributed by atoms with Gasteiger partial charge in [-0.05, 0) is 56.2 Å². The van der Waals surface area contributed by atoms with Gasteiger partial charge in [-0.25, -0.2) is 4.98 Å². The molecule has 0 saturated carbocycles. The van der Waals surface area contributed by atoms with Crippen molar-refractivity contribution in [3.63, 3.8) is 0 Å². The number of hydrogen-bond acceptors (Lipinski definition) is 9. The van der Waals surface area contributed by atoms with Gasteiger partial charge in [0, 0.05) is 38.3 Å². The second kappa shape index (κ2) is 20.2. The van der Waals surface area contributed by atoms with E-state index in [9.17, 15) is 24.0 Å². The van der Waals surface area contributed by atoms with Gasteiger partial charge in [-0.1, -0.05) is 42.5 Å². The summed E-state index contributed by atoms with van der Waals surface area (Å²) >= 11 is 1.22. The summed E-state index contributed by atoms with van der Waals surface area (Å²) in [6.45, 7) is 0.593. The topological polar surface area (TPSA) is 277 Å². The number of carbonyl (C=O) groups excluding carboxylic acids is 5. The molecule has 3 rings (SSSR count). The minimum Gasteiger partial charge on any atom is -0.370 e. The number of nitrogens with zero attached hydrogens (tertiary/aromatic N) is 3. The molecular weight excluding hydrogens is 661 g/mol. The van der Waals surface area contributed by atoms with Crippen molar-refractivity contribution in [2.75, 3.05) is 13.1 Å². The molecule has 0 aliphatic carbocycles. The molecule has 0 fully saturated rings. The predicted molar refractivity (Wildman–Crippen MR) is 194 cm³/mol. The molecule has 0 aliphatic rings. The van der Waals surface area contributed by atoms with Gasteiger partial charge >= 0.3 is 0 Å². The summed E-state index contributed by atoms with van der Waals surface area (Å²) < 4.78 is 0.826. The van der Waals surface area contributed by atoms with E-state index < -0.39 is 41.5 Å². The lowest BCUT2D eigenvalue weighted by atomic mass is 9.89. The third-order valence-corrected chi connectivity index (χ3v) is 8.79.